The van der Waals surface area contributed by atoms with Gasteiger partial charge in [0.15, 0.2) is 0 Å². The SMILES string of the molecule is CCSCCC(C)Nc1nc(OC)cc(OC)n1. The Morgan fingerprint density at radius 1 is 1.28 bits per heavy atom. The summed E-state index contributed by atoms with van der Waals surface area (Å²) in [4.78, 5) is 8.47. The van der Waals surface area contributed by atoms with Gasteiger partial charge in [0.2, 0.25) is 17.7 Å². The molecule has 0 spiro atoms. The van der Waals surface area contributed by atoms with E-state index in [2.05, 4.69) is 29.1 Å². The molecule has 1 unspecified atom stereocenters. The summed E-state index contributed by atoms with van der Waals surface area (Å²) in [6.45, 7) is 4.28. The Labute approximate surface area is 113 Å². The van der Waals surface area contributed by atoms with Crippen molar-refractivity contribution in [3.05, 3.63) is 6.07 Å². The van der Waals surface area contributed by atoms with Crippen molar-refractivity contribution in [2.75, 3.05) is 31.0 Å². The van der Waals surface area contributed by atoms with Gasteiger partial charge in [-0.25, -0.2) is 0 Å². The van der Waals surface area contributed by atoms with Crippen LogP contribution in [-0.4, -0.2) is 41.7 Å². The molecule has 102 valence electrons. The van der Waals surface area contributed by atoms with Crippen LogP contribution in [0.2, 0.25) is 0 Å². The summed E-state index contributed by atoms with van der Waals surface area (Å²) in [5, 5.41) is 3.25. The molecule has 0 aromatic carbocycles. The number of nitrogens with zero attached hydrogens (tertiary/aromatic N) is 2. The number of methoxy groups -OCH3 is 2. The number of nitrogens with one attached hydrogen (secondary N) is 1. The van der Waals surface area contributed by atoms with Crippen LogP contribution < -0.4 is 14.8 Å². The summed E-state index contributed by atoms with van der Waals surface area (Å²) in [6, 6.07) is 1.98. The molecule has 1 aromatic heterocycles. The summed E-state index contributed by atoms with van der Waals surface area (Å²) in [6.07, 6.45) is 1.07. The van der Waals surface area contributed by atoms with E-state index < -0.39 is 0 Å². The van der Waals surface area contributed by atoms with Crippen LogP contribution >= 0.6 is 11.8 Å². The van der Waals surface area contributed by atoms with E-state index in [1.807, 2.05) is 11.8 Å². The Balaban J connectivity index is 2.59. The number of thioether (sulfide) groups is 1. The summed E-state index contributed by atoms with van der Waals surface area (Å²) < 4.78 is 10.2. The van der Waals surface area contributed by atoms with Crippen molar-refractivity contribution in [3.8, 4) is 11.8 Å². The predicted octanol–water partition coefficient (Wildman–Crippen LogP) is 2.44. The molecule has 0 aliphatic heterocycles. The molecule has 0 saturated carbocycles. The molecule has 1 rings (SSSR count). The predicted molar refractivity (Wildman–Crippen MR) is 75.8 cm³/mol. The highest BCUT2D eigenvalue weighted by atomic mass is 32.2. The van der Waals surface area contributed by atoms with Gasteiger partial charge in [0, 0.05) is 6.04 Å². The number of ether oxygens (including phenoxy) is 2. The van der Waals surface area contributed by atoms with E-state index in [9.17, 15) is 0 Å². The van der Waals surface area contributed by atoms with E-state index in [4.69, 9.17) is 9.47 Å². The standard InChI is InChI=1S/C12H21N3O2S/c1-5-18-7-6-9(2)13-12-14-10(16-3)8-11(15-12)17-4/h8-9H,5-7H2,1-4H3,(H,13,14,15). The first-order chi connectivity index (χ1) is 8.69. The van der Waals surface area contributed by atoms with Gasteiger partial charge in [-0.15, -0.1) is 0 Å². The molecule has 0 fully saturated rings. The number of anilines is 1. The van der Waals surface area contributed by atoms with Gasteiger partial charge in [0.25, 0.3) is 0 Å². The fourth-order valence-electron chi connectivity index (χ4n) is 1.37. The van der Waals surface area contributed by atoms with Crippen molar-refractivity contribution in [2.24, 2.45) is 0 Å². The maximum absolute atomic E-state index is 5.10. The molecular formula is C12H21N3O2S. The lowest BCUT2D eigenvalue weighted by Gasteiger charge is -2.14. The molecule has 18 heavy (non-hydrogen) atoms. The molecule has 0 bridgehead atoms. The third kappa shape index (κ3) is 5.00. The first kappa shape index (κ1) is 14.9. The molecule has 0 saturated heterocycles. The van der Waals surface area contributed by atoms with Gasteiger partial charge in [0.1, 0.15) is 0 Å². The zero-order valence-corrected chi connectivity index (χ0v) is 12.2. The minimum absolute atomic E-state index is 0.320. The van der Waals surface area contributed by atoms with Gasteiger partial charge < -0.3 is 14.8 Å². The van der Waals surface area contributed by atoms with Gasteiger partial charge in [-0.2, -0.15) is 21.7 Å². The molecule has 1 N–H and O–H groups in total. The summed E-state index contributed by atoms with van der Waals surface area (Å²) >= 11 is 1.93. The van der Waals surface area contributed by atoms with E-state index in [1.165, 1.54) is 0 Å². The van der Waals surface area contributed by atoms with E-state index in [1.54, 1.807) is 20.3 Å². The number of aromatic nitrogens is 2. The van der Waals surface area contributed by atoms with Crippen LogP contribution in [0.3, 0.4) is 0 Å². The summed E-state index contributed by atoms with van der Waals surface area (Å²) in [7, 11) is 3.15. The Kier molecular flexibility index (Phi) is 6.64. The smallest absolute Gasteiger partial charge is 0.229 e. The van der Waals surface area contributed by atoms with Crippen LogP contribution in [0.4, 0.5) is 5.95 Å². The van der Waals surface area contributed by atoms with Crippen molar-refractivity contribution in [1.82, 2.24) is 9.97 Å². The Morgan fingerprint density at radius 3 is 2.39 bits per heavy atom. The monoisotopic (exact) mass is 271 g/mol. The minimum atomic E-state index is 0.320. The number of hydrogen-bond acceptors (Lipinski definition) is 6. The average Bonchev–Trinajstić information content (AvgIpc) is 2.38. The lowest BCUT2D eigenvalue weighted by molar-refractivity contribution is 0.372. The topological polar surface area (TPSA) is 56.3 Å². The second-order valence-corrected chi connectivity index (χ2v) is 5.20. The third-order valence-electron chi connectivity index (χ3n) is 2.37. The highest BCUT2D eigenvalue weighted by Crippen LogP contribution is 2.18. The fourth-order valence-corrected chi connectivity index (χ4v) is 2.18. The fraction of sp³-hybridized carbons (Fsp3) is 0.667. The second kappa shape index (κ2) is 8.02. The normalized spacial score (nSPS) is 12.0. The lowest BCUT2D eigenvalue weighted by Crippen LogP contribution is -2.18. The highest BCUT2D eigenvalue weighted by molar-refractivity contribution is 7.99. The zero-order chi connectivity index (χ0) is 13.4. The molecule has 0 radical (unpaired) electrons. The van der Waals surface area contributed by atoms with Gasteiger partial charge in [-0.1, -0.05) is 6.92 Å². The molecule has 6 heteroatoms. The van der Waals surface area contributed by atoms with Gasteiger partial charge in [-0.05, 0) is 24.9 Å². The Hall–Kier alpha value is -1.17. The molecule has 1 aromatic rings. The molecule has 0 aliphatic rings. The van der Waals surface area contributed by atoms with Crippen molar-refractivity contribution in [2.45, 2.75) is 26.3 Å². The van der Waals surface area contributed by atoms with Crippen molar-refractivity contribution in [1.29, 1.82) is 0 Å². The number of rotatable bonds is 8. The van der Waals surface area contributed by atoms with Gasteiger partial charge >= 0.3 is 0 Å². The maximum Gasteiger partial charge on any atom is 0.229 e. The van der Waals surface area contributed by atoms with Crippen LogP contribution in [0.5, 0.6) is 11.8 Å². The number of hydrogen-bond donors (Lipinski definition) is 1. The van der Waals surface area contributed by atoms with Crippen LogP contribution in [0.15, 0.2) is 6.07 Å². The Bertz CT molecular complexity index is 341. The van der Waals surface area contributed by atoms with Crippen molar-refractivity contribution >= 4 is 17.7 Å². The van der Waals surface area contributed by atoms with Gasteiger partial charge in [-0.3, -0.25) is 0 Å². The quantitative estimate of drug-likeness (QED) is 0.733. The van der Waals surface area contributed by atoms with Crippen molar-refractivity contribution < 1.29 is 9.47 Å². The first-order valence-corrected chi connectivity index (χ1v) is 7.16. The van der Waals surface area contributed by atoms with E-state index >= 15 is 0 Å². The molecule has 5 nitrogen and oxygen atoms in total. The largest absolute Gasteiger partial charge is 0.481 e. The average molecular weight is 271 g/mol. The molecule has 1 heterocycles. The van der Waals surface area contributed by atoms with Crippen LogP contribution in [0.1, 0.15) is 20.3 Å². The summed E-state index contributed by atoms with van der Waals surface area (Å²) in [5.41, 5.74) is 0. The lowest BCUT2D eigenvalue weighted by atomic mass is 10.3. The first-order valence-electron chi connectivity index (χ1n) is 6.01. The van der Waals surface area contributed by atoms with E-state index in [-0.39, 0.29) is 0 Å². The Morgan fingerprint density at radius 2 is 1.89 bits per heavy atom. The van der Waals surface area contributed by atoms with Gasteiger partial charge in [0.05, 0.1) is 20.3 Å². The van der Waals surface area contributed by atoms with Crippen LogP contribution in [0.25, 0.3) is 0 Å². The minimum Gasteiger partial charge on any atom is -0.481 e. The zero-order valence-electron chi connectivity index (χ0n) is 11.4. The molecular weight excluding hydrogens is 250 g/mol. The molecule has 0 aliphatic carbocycles. The van der Waals surface area contributed by atoms with E-state index in [0.717, 1.165) is 17.9 Å². The molecule has 1 atom stereocenters. The van der Waals surface area contributed by atoms with Crippen molar-refractivity contribution in [3.63, 3.8) is 0 Å². The van der Waals surface area contributed by atoms with Crippen LogP contribution in [-0.2, 0) is 0 Å². The third-order valence-corrected chi connectivity index (χ3v) is 3.30. The summed E-state index contributed by atoms with van der Waals surface area (Å²) in [5.74, 6) is 3.82. The second-order valence-electron chi connectivity index (χ2n) is 3.81. The van der Waals surface area contributed by atoms with E-state index in [0.29, 0.717) is 23.8 Å². The maximum atomic E-state index is 5.10. The highest BCUT2D eigenvalue weighted by Gasteiger charge is 2.08. The molecule has 0 amide bonds. The van der Waals surface area contributed by atoms with Crippen LogP contribution in [0, 0.1) is 0 Å².